The van der Waals surface area contributed by atoms with Crippen molar-refractivity contribution in [3.05, 3.63) is 101 Å². The summed E-state index contributed by atoms with van der Waals surface area (Å²) < 4.78 is 53.9. The second-order valence-electron chi connectivity index (χ2n) is 8.62. The molecule has 0 fully saturated rings. The fourth-order valence-corrected chi connectivity index (χ4v) is 4.06. The normalized spacial score (nSPS) is 13.4. The van der Waals surface area contributed by atoms with Crippen LogP contribution in [0.25, 0.3) is 10.9 Å². The van der Waals surface area contributed by atoms with Crippen molar-refractivity contribution >= 4 is 22.5 Å². The first-order valence-corrected chi connectivity index (χ1v) is 10.9. The molecule has 1 amide bonds. The fraction of sp³-hybridized carbons (Fsp3) is 0.192. The second-order valence-corrected chi connectivity index (χ2v) is 8.62. The van der Waals surface area contributed by atoms with E-state index in [-0.39, 0.29) is 28.9 Å². The van der Waals surface area contributed by atoms with Gasteiger partial charge < -0.3 is 16.2 Å². The van der Waals surface area contributed by atoms with Crippen LogP contribution in [0.1, 0.15) is 39.7 Å². The van der Waals surface area contributed by atoms with Crippen molar-refractivity contribution < 1.29 is 27.5 Å². The van der Waals surface area contributed by atoms with Crippen LogP contribution in [0.3, 0.4) is 0 Å². The number of aliphatic hydroxyl groups excluding tert-OH is 1. The molecule has 0 spiro atoms. The second kappa shape index (κ2) is 9.54. The molecule has 2 heterocycles. The maximum Gasteiger partial charge on any atom is 0.417 e. The smallest absolute Gasteiger partial charge is 0.397 e. The van der Waals surface area contributed by atoms with Gasteiger partial charge in [-0.2, -0.15) is 13.2 Å². The SMILES string of the molecule is CC(Cc1ccc(CO)c(F)c1)(NC(=O)c1ccc2ncccc2c1)c1ncc(C(F)(F)F)cc1N. The number of nitrogens with zero attached hydrogens (tertiary/aromatic N) is 2. The summed E-state index contributed by atoms with van der Waals surface area (Å²) >= 11 is 0. The monoisotopic (exact) mass is 498 g/mol. The fourth-order valence-electron chi connectivity index (χ4n) is 4.06. The molecule has 4 N–H and O–H groups in total. The highest BCUT2D eigenvalue weighted by Crippen LogP contribution is 2.35. The number of carbonyl (C=O) groups excluding carboxylic acids is 1. The van der Waals surface area contributed by atoms with Crippen LogP contribution >= 0.6 is 0 Å². The molecule has 1 atom stereocenters. The summed E-state index contributed by atoms with van der Waals surface area (Å²) in [5.74, 6) is -1.18. The predicted molar refractivity (Wildman–Crippen MR) is 126 cm³/mol. The lowest BCUT2D eigenvalue weighted by atomic mass is 9.87. The molecule has 0 radical (unpaired) electrons. The van der Waals surface area contributed by atoms with Gasteiger partial charge in [-0.25, -0.2) is 4.39 Å². The molecule has 0 aliphatic carbocycles. The average molecular weight is 498 g/mol. The molecule has 0 saturated heterocycles. The topological polar surface area (TPSA) is 101 Å². The third-order valence-corrected chi connectivity index (χ3v) is 5.87. The molecular formula is C26H22F4N4O2. The highest BCUT2D eigenvalue weighted by Gasteiger charge is 2.36. The molecule has 0 aliphatic heterocycles. The Hall–Kier alpha value is -4.05. The van der Waals surface area contributed by atoms with E-state index in [1.165, 1.54) is 12.1 Å². The van der Waals surface area contributed by atoms with E-state index < -0.39 is 35.6 Å². The van der Waals surface area contributed by atoms with Gasteiger partial charge in [-0.1, -0.05) is 18.2 Å². The standard InChI is InChI=1S/C26H22F4N4O2/c1-25(12-15-4-5-18(14-35)20(27)9-15,23-21(31)11-19(13-33-23)26(28,29)30)34-24(36)17-6-7-22-16(10-17)3-2-8-32-22/h2-11,13,35H,12,14,31H2,1H3,(H,34,36). The zero-order valence-corrected chi connectivity index (χ0v) is 19.1. The Morgan fingerprint density at radius 2 is 1.86 bits per heavy atom. The number of hydrogen-bond acceptors (Lipinski definition) is 5. The number of nitrogens with two attached hydrogens (primary N) is 1. The lowest BCUT2D eigenvalue weighted by Gasteiger charge is -2.32. The van der Waals surface area contributed by atoms with E-state index in [0.717, 1.165) is 11.5 Å². The van der Waals surface area contributed by atoms with Crippen LogP contribution in [0.5, 0.6) is 0 Å². The molecule has 2 aromatic heterocycles. The molecule has 4 rings (SSSR count). The number of aliphatic hydroxyl groups is 1. The number of rotatable bonds is 6. The molecule has 2 aromatic carbocycles. The van der Waals surface area contributed by atoms with E-state index >= 15 is 0 Å². The highest BCUT2D eigenvalue weighted by molar-refractivity contribution is 5.98. The Balaban J connectivity index is 1.75. The number of carbonyl (C=O) groups is 1. The zero-order valence-electron chi connectivity index (χ0n) is 19.1. The van der Waals surface area contributed by atoms with Crippen molar-refractivity contribution in [2.75, 3.05) is 5.73 Å². The van der Waals surface area contributed by atoms with Crippen molar-refractivity contribution in [1.82, 2.24) is 15.3 Å². The number of halogens is 4. The van der Waals surface area contributed by atoms with Gasteiger partial charge >= 0.3 is 6.18 Å². The number of aromatic nitrogens is 2. The Morgan fingerprint density at radius 3 is 2.53 bits per heavy atom. The molecule has 0 aliphatic rings. The minimum Gasteiger partial charge on any atom is -0.397 e. The van der Waals surface area contributed by atoms with Crippen LogP contribution in [0.15, 0.2) is 67.0 Å². The Kier molecular flexibility index (Phi) is 6.64. The van der Waals surface area contributed by atoms with Gasteiger partial charge in [0.15, 0.2) is 0 Å². The minimum absolute atomic E-state index is 0.00190. The average Bonchev–Trinajstić information content (AvgIpc) is 2.83. The molecular weight excluding hydrogens is 476 g/mol. The number of hydrogen-bond donors (Lipinski definition) is 3. The number of benzene rings is 2. The van der Waals surface area contributed by atoms with Crippen molar-refractivity contribution in [1.29, 1.82) is 0 Å². The maximum atomic E-state index is 14.3. The van der Waals surface area contributed by atoms with Gasteiger partial charge in [0.05, 0.1) is 34.6 Å². The zero-order chi connectivity index (χ0) is 26.1. The third-order valence-electron chi connectivity index (χ3n) is 5.87. The van der Waals surface area contributed by atoms with Crippen LogP contribution in [0.4, 0.5) is 23.2 Å². The lowest BCUT2D eigenvalue weighted by molar-refractivity contribution is -0.137. The van der Waals surface area contributed by atoms with Crippen molar-refractivity contribution in [2.45, 2.75) is 31.7 Å². The summed E-state index contributed by atoms with van der Waals surface area (Å²) in [6.45, 7) is 1.06. The number of fused-ring (bicyclic) bond motifs is 1. The van der Waals surface area contributed by atoms with Gasteiger partial charge in [-0.15, -0.1) is 0 Å². The van der Waals surface area contributed by atoms with Gasteiger partial charge in [0.2, 0.25) is 0 Å². The Labute approximate surface area is 203 Å². The first kappa shape index (κ1) is 25.1. The van der Waals surface area contributed by atoms with E-state index in [1.54, 1.807) is 49.5 Å². The number of nitrogens with one attached hydrogen (secondary N) is 1. The van der Waals surface area contributed by atoms with Crippen LogP contribution < -0.4 is 11.1 Å². The molecule has 4 aromatic rings. The first-order valence-electron chi connectivity index (χ1n) is 10.9. The molecule has 36 heavy (non-hydrogen) atoms. The quantitative estimate of drug-likeness (QED) is 0.333. The summed E-state index contributed by atoms with van der Waals surface area (Å²) in [5, 5.41) is 12.8. The molecule has 186 valence electrons. The summed E-state index contributed by atoms with van der Waals surface area (Å²) in [7, 11) is 0. The van der Waals surface area contributed by atoms with Crippen LogP contribution in [-0.2, 0) is 24.7 Å². The van der Waals surface area contributed by atoms with Crippen molar-refractivity contribution in [3.8, 4) is 0 Å². The summed E-state index contributed by atoms with van der Waals surface area (Å²) in [5.41, 5.74) is 4.74. The molecule has 1 unspecified atom stereocenters. The number of amides is 1. The van der Waals surface area contributed by atoms with E-state index in [9.17, 15) is 27.5 Å². The summed E-state index contributed by atoms with van der Waals surface area (Å²) in [4.78, 5) is 21.5. The predicted octanol–water partition coefficient (Wildman–Crippen LogP) is 4.75. The number of alkyl halides is 3. The molecule has 10 heteroatoms. The van der Waals surface area contributed by atoms with E-state index in [2.05, 4.69) is 15.3 Å². The van der Waals surface area contributed by atoms with Crippen LogP contribution in [0.2, 0.25) is 0 Å². The van der Waals surface area contributed by atoms with Gasteiger partial charge in [-0.05, 0) is 48.9 Å². The number of nitrogen functional groups attached to an aromatic ring is 1. The van der Waals surface area contributed by atoms with Gasteiger partial charge in [0.1, 0.15) is 5.82 Å². The molecule has 0 bridgehead atoms. The third kappa shape index (κ3) is 5.13. The molecule has 6 nitrogen and oxygen atoms in total. The maximum absolute atomic E-state index is 14.3. The van der Waals surface area contributed by atoms with E-state index in [0.29, 0.717) is 17.3 Å². The van der Waals surface area contributed by atoms with Crippen LogP contribution in [0, 0.1) is 5.82 Å². The number of anilines is 1. The van der Waals surface area contributed by atoms with Gasteiger partial charge in [0.25, 0.3) is 5.91 Å². The molecule has 0 saturated carbocycles. The van der Waals surface area contributed by atoms with Gasteiger partial charge in [-0.3, -0.25) is 14.8 Å². The number of pyridine rings is 2. The van der Waals surface area contributed by atoms with Crippen LogP contribution in [-0.4, -0.2) is 21.0 Å². The minimum atomic E-state index is -4.65. The Morgan fingerprint density at radius 1 is 1.08 bits per heavy atom. The van der Waals surface area contributed by atoms with E-state index in [4.69, 9.17) is 5.73 Å². The summed E-state index contributed by atoms with van der Waals surface area (Å²) in [6, 6.07) is 13.3. The Bertz CT molecular complexity index is 1440. The highest BCUT2D eigenvalue weighted by atomic mass is 19.4. The largest absolute Gasteiger partial charge is 0.417 e. The lowest BCUT2D eigenvalue weighted by Crippen LogP contribution is -2.46. The van der Waals surface area contributed by atoms with Crippen molar-refractivity contribution in [2.24, 2.45) is 0 Å². The van der Waals surface area contributed by atoms with E-state index in [1.807, 2.05) is 0 Å². The first-order chi connectivity index (χ1) is 17.0. The summed E-state index contributed by atoms with van der Waals surface area (Å²) in [6.07, 6.45) is -2.42. The van der Waals surface area contributed by atoms with Crippen molar-refractivity contribution in [3.63, 3.8) is 0 Å². The van der Waals surface area contributed by atoms with Gasteiger partial charge in [0, 0.05) is 35.3 Å².